The molecule has 0 radical (unpaired) electrons. The quantitative estimate of drug-likeness (QED) is 0.650. The number of amides is 2. The van der Waals surface area contributed by atoms with Crippen LogP contribution in [-0.4, -0.2) is 25.7 Å². The second kappa shape index (κ2) is 8.53. The van der Waals surface area contributed by atoms with Gasteiger partial charge >= 0.3 is 6.03 Å². The first-order valence-corrected chi connectivity index (χ1v) is 6.49. The van der Waals surface area contributed by atoms with E-state index in [1.807, 2.05) is 30.3 Å². The van der Waals surface area contributed by atoms with Crippen LogP contribution in [0.2, 0.25) is 0 Å². The molecule has 0 aromatic heterocycles. The topological polar surface area (TPSA) is 53.2 Å². The van der Waals surface area contributed by atoms with Gasteiger partial charge in [0.25, 0.3) is 0 Å². The largest absolute Gasteiger partial charge is 0.338 e. The molecule has 0 bridgehead atoms. The Morgan fingerprint density at radius 1 is 1.17 bits per heavy atom. The van der Waals surface area contributed by atoms with E-state index in [2.05, 4.69) is 29.8 Å². The molecular formula is C14H23N3O. The fourth-order valence-electron chi connectivity index (χ4n) is 1.50. The van der Waals surface area contributed by atoms with Gasteiger partial charge in [-0.25, -0.2) is 4.79 Å². The minimum absolute atomic E-state index is 0.148. The van der Waals surface area contributed by atoms with Gasteiger partial charge in [0, 0.05) is 12.2 Å². The summed E-state index contributed by atoms with van der Waals surface area (Å²) in [6, 6.07) is 9.29. The minimum atomic E-state index is -0.148. The maximum atomic E-state index is 11.5. The number of rotatable bonds is 7. The van der Waals surface area contributed by atoms with E-state index in [1.54, 1.807) is 0 Å². The van der Waals surface area contributed by atoms with Gasteiger partial charge in [0.1, 0.15) is 0 Å². The predicted octanol–water partition coefficient (Wildman–Crippen LogP) is 2.44. The third-order valence-corrected chi connectivity index (χ3v) is 2.40. The average molecular weight is 249 g/mol. The van der Waals surface area contributed by atoms with Crippen LogP contribution in [0, 0.1) is 5.92 Å². The second-order valence-corrected chi connectivity index (χ2v) is 4.70. The van der Waals surface area contributed by atoms with Gasteiger partial charge < -0.3 is 16.0 Å². The number of benzene rings is 1. The summed E-state index contributed by atoms with van der Waals surface area (Å²) in [4.78, 5) is 11.5. The van der Waals surface area contributed by atoms with Crippen LogP contribution in [0.4, 0.5) is 10.5 Å². The first kappa shape index (κ1) is 14.5. The number of anilines is 1. The van der Waals surface area contributed by atoms with Crippen LogP contribution in [0.1, 0.15) is 20.3 Å². The Morgan fingerprint density at radius 3 is 2.56 bits per heavy atom. The van der Waals surface area contributed by atoms with E-state index < -0.39 is 0 Å². The zero-order chi connectivity index (χ0) is 13.2. The Hall–Kier alpha value is -1.55. The second-order valence-electron chi connectivity index (χ2n) is 4.70. The number of urea groups is 1. The molecule has 0 aliphatic heterocycles. The monoisotopic (exact) mass is 249 g/mol. The molecule has 0 spiro atoms. The number of carbonyl (C=O) groups excluding carboxylic acids is 1. The average Bonchev–Trinajstić information content (AvgIpc) is 2.34. The molecule has 3 N–H and O–H groups in total. The van der Waals surface area contributed by atoms with Crippen molar-refractivity contribution < 1.29 is 4.79 Å². The number of hydrogen-bond donors (Lipinski definition) is 3. The normalized spacial score (nSPS) is 10.4. The van der Waals surface area contributed by atoms with Gasteiger partial charge in [-0.1, -0.05) is 32.0 Å². The number of hydrogen-bond acceptors (Lipinski definition) is 2. The van der Waals surface area contributed by atoms with Crippen LogP contribution in [0.15, 0.2) is 30.3 Å². The van der Waals surface area contributed by atoms with Crippen LogP contribution in [0.5, 0.6) is 0 Å². The summed E-state index contributed by atoms with van der Waals surface area (Å²) >= 11 is 0. The van der Waals surface area contributed by atoms with Crippen LogP contribution in [0.3, 0.4) is 0 Å². The van der Waals surface area contributed by atoms with Crippen molar-refractivity contribution in [3.05, 3.63) is 30.3 Å². The predicted molar refractivity (Wildman–Crippen MR) is 75.8 cm³/mol. The highest BCUT2D eigenvalue weighted by molar-refractivity contribution is 5.89. The molecule has 0 fully saturated rings. The maximum Gasteiger partial charge on any atom is 0.319 e. The zero-order valence-corrected chi connectivity index (χ0v) is 11.2. The molecule has 100 valence electrons. The lowest BCUT2D eigenvalue weighted by Gasteiger charge is -2.09. The van der Waals surface area contributed by atoms with Gasteiger partial charge in [-0.15, -0.1) is 0 Å². The summed E-state index contributed by atoms with van der Waals surface area (Å²) < 4.78 is 0. The third-order valence-electron chi connectivity index (χ3n) is 2.40. The molecular weight excluding hydrogens is 226 g/mol. The van der Waals surface area contributed by atoms with Gasteiger partial charge in [-0.2, -0.15) is 0 Å². The number of para-hydroxylation sites is 1. The van der Waals surface area contributed by atoms with Gasteiger partial charge in [-0.05, 0) is 37.6 Å². The Bertz CT molecular complexity index is 338. The van der Waals surface area contributed by atoms with E-state index in [-0.39, 0.29) is 6.03 Å². The fourth-order valence-corrected chi connectivity index (χ4v) is 1.50. The zero-order valence-electron chi connectivity index (χ0n) is 11.2. The highest BCUT2D eigenvalue weighted by atomic mass is 16.2. The van der Waals surface area contributed by atoms with E-state index in [0.717, 1.165) is 25.2 Å². The Balaban J connectivity index is 2.04. The van der Waals surface area contributed by atoms with Crippen LogP contribution >= 0.6 is 0 Å². The third kappa shape index (κ3) is 6.91. The highest BCUT2D eigenvalue weighted by Crippen LogP contribution is 2.03. The van der Waals surface area contributed by atoms with Crippen molar-refractivity contribution >= 4 is 11.7 Å². The van der Waals surface area contributed by atoms with Crippen LogP contribution in [0.25, 0.3) is 0 Å². The molecule has 0 aliphatic carbocycles. The Labute approximate surface area is 109 Å². The van der Waals surface area contributed by atoms with Gasteiger partial charge in [-0.3, -0.25) is 0 Å². The summed E-state index contributed by atoms with van der Waals surface area (Å²) in [7, 11) is 0. The van der Waals surface area contributed by atoms with Crippen molar-refractivity contribution in [2.45, 2.75) is 20.3 Å². The fraction of sp³-hybridized carbons (Fsp3) is 0.500. The van der Waals surface area contributed by atoms with E-state index in [9.17, 15) is 4.79 Å². The number of carbonyl (C=O) groups is 1. The smallest absolute Gasteiger partial charge is 0.319 e. The summed E-state index contributed by atoms with van der Waals surface area (Å²) in [6.07, 6.45) is 0.939. The van der Waals surface area contributed by atoms with Crippen molar-refractivity contribution in [1.29, 1.82) is 0 Å². The minimum Gasteiger partial charge on any atom is -0.338 e. The van der Waals surface area contributed by atoms with Crippen molar-refractivity contribution in [2.24, 2.45) is 5.92 Å². The van der Waals surface area contributed by atoms with Gasteiger partial charge in [0.15, 0.2) is 0 Å². The molecule has 1 aromatic carbocycles. The first-order valence-electron chi connectivity index (χ1n) is 6.49. The lowest BCUT2D eigenvalue weighted by Crippen LogP contribution is -2.31. The molecule has 0 heterocycles. The Morgan fingerprint density at radius 2 is 1.89 bits per heavy atom. The van der Waals surface area contributed by atoms with Crippen LogP contribution in [-0.2, 0) is 0 Å². The summed E-state index contributed by atoms with van der Waals surface area (Å²) in [6.45, 7) is 7.00. The van der Waals surface area contributed by atoms with E-state index >= 15 is 0 Å². The summed E-state index contributed by atoms with van der Waals surface area (Å²) in [5.41, 5.74) is 0.813. The van der Waals surface area contributed by atoms with Crippen molar-refractivity contribution in [3.63, 3.8) is 0 Å². The molecule has 0 saturated carbocycles. The molecule has 0 saturated heterocycles. The van der Waals surface area contributed by atoms with Gasteiger partial charge in [0.05, 0.1) is 0 Å². The molecule has 0 aliphatic rings. The molecule has 1 rings (SSSR count). The SMILES string of the molecule is CC(C)CNCCCNC(=O)Nc1ccccc1. The summed E-state index contributed by atoms with van der Waals surface area (Å²) in [5.74, 6) is 0.666. The Kier molecular flexibility index (Phi) is 6.87. The molecule has 2 amide bonds. The van der Waals surface area contributed by atoms with Crippen molar-refractivity contribution in [1.82, 2.24) is 10.6 Å². The van der Waals surface area contributed by atoms with E-state index in [1.165, 1.54) is 0 Å². The van der Waals surface area contributed by atoms with Crippen LogP contribution < -0.4 is 16.0 Å². The highest BCUT2D eigenvalue weighted by Gasteiger charge is 1.99. The standard InChI is InChI=1S/C14H23N3O/c1-12(2)11-15-9-6-10-16-14(18)17-13-7-4-3-5-8-13/h3-5,7-8,12,15H,6,9-11H2,1-2H3,(H2,16,17,18). The van der Waals surface area contributed by atoms with Gasteiger partial charge in [0.2, 0.25) is 0 Å². The molecule has 18 heavy (non-hydrogen) atoms. The molecule has 1 aromatic rings. The molecule has 0 unspecified atom stereocenters. The first-order chi connectivity index (χ1) is 8.68. The lowest BCUT2D eigenvalue weighted by atomic mass is 10.2. The molecule has 0 atom stereocenters. The van der Waals surface area contributed by atoms with Crippen molar-refractivity contribution in [3.8, 4) is 0 Å². The number of nitrogens with one attached hydrogen (secondary N) is 3. The van der Waals surface area contributed by atoms with Crippen molar-refractivity contribution in [2.75, 3.05) is 25.0 Å². The summed E-state index contributed by atoms with van der Waals surface area (Å²) in [5, 5.41) is 8.95. The molecule has 4 nitrogen and oxygen atoms in total. The van der Waals surface area contributed by atoms with E-state index in [4.69, 9.17) is 0 Å². The van der Waals surface area contributed by atoms with E-state index in [0.29, 0.717) is 12.5 Å². The lowest BCUT2D eigenvalue weighted by molar-refractivity contribution is 0.252. The maximum absolute atomic E-state index is 11.5. The molecule has 4 heteroatoms.